The van der Waals surface area contributed by atoms with Crippen LogP contribution in [0, 0.1) is 56.7 Å². The van der Waals surface area contributed by atoms with Crippen LogP contribution in [0.2, 0.25) is 0 Å². The normalized spacial score (nSPS) is 55.4. The molecule has 21 heteroatoms. The number of carbonyl (C=O) groups excluding carboxylic acids is 1. The number of rotatable bonds is 10. The van der Waals surface area contributed by atoms with Crippen LogP contribution in [-0.4, -0.2) is 210 Å². The first-order valence-electron chi connectivity index (χ1n) is 27.2. The molecule has 4 saturated heterocycles. The van der Waals surface area contributed by atoms with Crippen molar-refractivity contribution < 1.29 is 104 Å². The molecule has 4 aliphatic heterocycles. The lowest BCUT2D eigenvalue weighted by Gasteiger charge is -2.71. The minimum Gasteiger partial charge on any atom is -0.432 e. The molecule has 4 heterocycles. The molecule has 8 fully saturated rings. The van der Waals surface area contributed by atoms with Crippen LogP contribution in [-0.2, 0) is 42.7 Å². The van der Waals surface area contributed by atoms with Gasteiger partial charge >= 0.3 is 5.97 Å². The van der Waals surface area contributed by atoms with Gasteiger partial charge in [0.15, 0.2) is 18.9 Å². The summed E-state index contributed by atoms with van der Waals surface area (Å²) in [5.41, 5.74) is -0.773. The van der Waals surface area contributed by atoms with Crippen molar-refractivity contribution in [3.8, 4) is 0 Å². The first-order valence-corrected chi connectivity index (χ1v) is 27.2. The summed E-state index contributed by atoms with van der Waals surface area (Å²) in [6, 6.07) is 0. The van der Waals surface area contributed by atoms with Gasteiger partial charge in [-0.25, -0.2) is 0 Å². The Balaban J connectivity index is 0.923. The van der Waals surface area contributed by atoms with Gasteiger partial charge in [0.05, 0.1) is 37.4 Å². The van der Waals surface area contributed by atoms with Gasteiger partial charge < -0.3 is 99.2 Å². The molecule has 0 bridgehead atoms. The molecule has 9 aliphatic rings. The summed E-state index contributed by atoms with van der Waals surface area (Å²) in [4.78, 5) is 15.1. The molecular formula is C53H86O21. The SMILES string of the molecule is C[C@H]1[C@H](C)CC[C@]2(C(=O)O[C@@H]3O[C@H](CO[C@@H]4O[C@H](CO)[C@@H](O)[C@H](O)[C@H]4O)[C@@H](O)[C@H](O)[C@H]3O)CC[C@]3(C)C(=CCC4[C@@]5(C)CC[C@H](O[C@@H]6OC[C@H](O)[C@H](O)[C@H]6O[C@@H]6O[C@@H](C)[C@H](O)[C@@H](O)[C@H]6O)C(C)(C)C5CC[C@]43C)[C@H]12. The molecule has 9 rings (SSSR count). The van der Waals surface area contributed by atoms with Gasteiger partial charge in [0, 0.05) is 0 Å². The molecule has 21 nitrogen and oxygen atoms in total. The highest BCUT2D eigenvalue weighted by Gasteiger charge is 2.70. The predicted octanol–water partition coefficient (Wildman–Crippen LogP) is -0.513. The van der Waals surface area contributed by atoms with Crippen LogP contribution in [0.3, 0.4) is 0 Å². The fourth-order valence-electron chi connectivity index (χ4n) is 16.3. The third-order valence-corrected chi connectivity index (χ3v) is 21.3. The third-order valence-electron chi connectivity index (χ3n) is 21.3. The average molecular weight is 1060 g/mol. The quantitative estimate of drug-likeness (QED) is 0.0745. The standard InChI is InChI=1S/C53H86O21/c1-22-11-16-53(48(66)74-46-42(65)39(62)36(59)28(71-46)21-68-44-40(63)38(61)35(58)27(19-54)70-44)18-17-51(7)25(32(53)23(22)2)9-10-30-50(6)14-13-31(49(4,5)29(50)12-15-52(30,51)8)72-47-43(34(57)26(55)20-67-47)73-45-41(64)37(60)33(56)24(3)69-45/h9,22-24,26-47,54-65H,10-21H2,1-8H3/t22-,23+,24+,26+,27-,28-,29?,30?,31+,32+,33+,34+,35-,36-,37-,38+,39+,40-,41-,42-,43-,44-,45+,46+,47+,50+,51-,52-,53+/m1/s1. The van der Waals surface area contributed by atoms with Crippen molar-refractivity contribution in [3.05, 3.63) is 11.6 Å². The number of carbonyl (C=O) groups is 1. The molecular weight excluding hydrogens is 973 g/mol. The van der Waals surface area contributed by atoms with E-state index in [-0.39, 0.29) is 58.5 Å². The number of hydrogen-bond donors (Lipinski definition) is 12. The highest BCUT2D eigenvalue weighted by atomic mass is 16.8. The third kappa shape index (κ3) is 9.08. The summed E-state index contributed by atoms with van der Waals surface area (Å²) in [5.74, 6) is 0.0396. The number of fused-ring (bicyclic) bond motifs is 7. The Morgan fingerprint density at radius 3 is 1.96 bits per heavy atom. The zero-order valence-corrected chi connectivity index (χ0v) is 44.0. The first kappa shape index (κ1) is 57.1. The van der Waals surface area contributed by atoms with Crippen molar-refractivity contribution in [2.24, 2.45) is 56.7 Å². The molecule has 12 N–H and O–H groups in total. The van der Waals surface area contributed by atoms with Crippen LogP contribution in [0.15, 0.2) is 11.6 Å². The van der Waals surface area contributed by atoms with Gasteiger partial charge in [-0.2, -0.15) is 0 Å². The van der Waals surface area contributed by atoms with E-state index in [0.29, 0.717) is 25.7 Å². The molecule has 74 heavy (non-hydrogen) atoms. The molecule has 29 atom stereocenters. The van der Waals surface area contributed by atoms with Gasteiger partial charge in [-0.1, -0.05) is 60.1 Å². The first-order chi connectivity index (χ1) is 34.7. The van der Waals surface area contributed by atoms with E-state index in [0.717, 1.165) is 32.1 Å². The Hall–Kier alpha value is -1.55. The lowest BCUT2D eigenvalue weighted by molar-refractivity contribution is -0.364. The Morgan fingerprint density at radius 2 is 1.27 bits per heavy atom. The van der Waals surface area contributed by atoms with Crippen LogP contribution in [0.1, 0.15) is 113 Å². The number of allylic oxidation sites excluding steroid dienone is 2. The van der Waals surface area contributed by atoms with E-state index in [2.05, 4.69) is 54.5 Å². The molecule has 0 amide bonds. The minimum absolute atomic E-state index is 0.0764. The average Bonchev–Trinajstić information content (AvgIpc) is 3.36. The largest absolute Gasteiger partial charge is 0.432 e. The maximum absolute atomic E-state index is 15.1. The summed E-state index contributed by atoms with van der Waals surface area (Å²) < 4.78 is 47.8. The number of esters is 1. The van der Waals surface area contributed by atoms with Crippen LogP contribution in [0.5, 0.6) is 0 Å². The second-order valence-corrected chi connectivity index (χ2v) is 25.3. The Bertz CT molecular complexity index is 2030. The van der Waals surface area contributed by atoms with Gasteiger partial charge in [0.2, 0.25) is 6.29 Å². The predicted molar refractivity (Wildman–Crippen MR) is 255 cm³/mol. The second kappa shape index (κ2) is 20.8. The Kier molecular flexibility index (Phi) is 16.1. The fraction of sp³-hybridized carbons (Fsp3) is 0.943. The lowest BCUT2D eigenvalue weighted by atomic mass is 9.33. The van der Waals surface area contributed by atoms with Crippen molar-refractivity contribution in [1.82, 2.24) is 0 Å². The van der Waals surface area contributed by atoms with E-state index < -0.39 is 147 Å². The second-order valence-electron chi connectivity index (χ2n) is 25.3. The van der Waals surface area contributed by atoms with E-state index in [1.165, 1.54) is 12.5 Å². The number of aliphatic hydroxyl groups is 12. The molecule has 424 valence electrons. The number of ether oxygens (including phenoxy) is 8. The zero-order valence-electron chi connectivity index (χ0n) is 44.0. The van der Waals surface area contributed by atoms with Gasteiger partial charge in [-0.05, 0) is 116 Å². The molecule has 0 spiro atoms. The summed E-state index contributed by atoms with van der Waals surface area (Å²) >= 11 is 0. The smallest absolute Gasteiger partial charge is 0.315 e. The number of aliphatic hydroxyl groups excluding tert-OH is 12. The lowest BCUT2D eigenvalue weighted by Crippen LogP contribution is -2.66. The van der Waals surface area contributed by atoms with E-state index in [1.807, 2.05) is 0 Å². The zero-order chi connectivity index (χ0) is 53.9. The maximum atomic E-state index is 15.1. The van der Waals surface area contributed by atoms with Crippen LogP contribution in [0.4, 0.5) is 0 Å². The molecule has 2 unspecified atom stereocenters. The van der Waals surface area contributed by atoms with E-state index in [9.17, 15) is 61.3 Å². The van der Waals surface area contributed by atoms with Crippen molar-refractivity contribution in [3.63, 3.8) is 0 Å². The summed E-state index contributed by atoms with van der Waals surface area (Å²) in [6.45, 7) is 16.2. The van der Waals surface area contributed by atoms with E-state index in [1.54, 1.807) is 0 Å². The van der Waals surface area contributed by atoms with Crippen LogP contribution >= 0.6 is 0 Å². The highest BCUT2D eigenvalue weighted by Crippen LogP contribution is 2.76. The maximum Gasteiger partial charge on any atom is 0.315 e. The molecule has 0 aromatic rings. The van der Waals surface area contributed by atoms with Gasteiger partial charge in [-0.15, -0.1) is 0 Å². The molecule has 5 aliphatic carbocycles. The summed E-state index contributed by atoms with van der Waals surface area (Å²) in [6.07, 6.45) is -19.8. The van der Waals surface area contributed by atoms with Crippen LogP contribution < -0.4 is 0 Å². The Morgan fingerprint density at radius 1 is 0.635 bits per heavy atom. The van der Waals surface area contributed by atoms with E-state index in [4.69, 9.17) is 37.9 Å². The van der Waals surface area contributed by atoms with Crippen LogP contribution in [0.25, 0.3) is 0 Å². The van der Waals surface area contributed by atoms with Crippen molar-refractivity contribution >= 4 is 5.97 Å². The topological polar surface area (TPSA) is 334 Å². The van der Waals surface area contributed by atoms with E-state index >= 15 is 4.79 Å². The fourth-order valence-corrected chi connectivity index (χ4v) is 16.3. The van der Waals surface area contributed by atoms with Gasteiger partial charge in [0.1, 0.15) is 85.5 Å². The summed E-state index contributed by atoms with van der Waals surface area (Å²) in [5, 5.41) is 127. The van der Waals surface area contributed by atoms with Crippen molar-refractivity contribution in [2.45, 2.75) is 236 Å². The molecule has 0 radical (unpaired) electrons. The van der Waals surface area contributed by atoms with Gasteiger partial charge in [0.25, 0.3) is 0 Å². The highest BCUT2D eigenvalue weighted by molar-refractivity contribution is 5.79. The molecule has 0 aromatic carbocycles. The van der Waals surface area contributed by atoms with Crippen molar-refractivity contribution in [1.29, 1.82) is 0 Å². The van der Waals surface area contributed by atoms with Crippen molar-refractivity contribution in [2.75, 3.05) is 19.8 Å². The monoisotopic (exact) mass is 1060 g/mol. The van der Waals surface area contributed by atoms with Gasteiger partial charge in [-0.3, -0.25) is 4.79 Å². The summed E-state index contributed by atoms with van der Waals surface area (Å²) in [7, 11) is 0. The molecule has 4 saturated carbocycles. The number of hydrogen-bond acceptors (Lipinski definition) is 21. The molecule has 0 aromatic heterocycles. The Labute approximate surface area is 433 Å². The minimum atomic E-state index is -1.82.